The van der Waals surface area contributed by atoms with Crippen molar-refractivity contribution >= 4 is 45.4 Å². The first-order valence-electron chi connectivity index (χ1n) is 16.1. The average Bonchev–Trinajstić information content (AvgIpc) is 3.89. The Kier molecular flexibility index (Phi) is 8.33. The lowest BCUT2D eigenvalue weighted by molar-refractivity contribution is 0.422. The Hall–Kier alpha value is -5.08. The van der Waals surface area contributed by atoms with Gasteiger partial charge in [-0.25, -0.2) is 0 Å². The first-order valence-corrected chi connectivity index (χ1v) is 18.4. The third kappa shape index (κ3) is 5.84. The molecule has 8 rings (SSSR count). The van der Waals surface area contributed by atoms with Crippen molar-refractivity contribution in [2.24, 2.45) is 0 Å². The molecule has 0 saturated heterocycles. The Morgan fingerprint density at radius 3 is 1.10 bits per heavy atom. The molecule has 0 fully saturated rings. The highest BCUT2D eigenvalue weighted by atomic mass is 32.1. The predicted molar refractivity (Wildman–Crippen MR) is 207 cm³/mol. The molecule has 0 aliphatic heterocycles. The Morgan fingerprint density at radius 1 is 0.388 bits per heavy atom. The number of thiophene rings is 2. The van der Waals surface area contributed by atoms with Crippen molar-refractivity contribution in [1.29, 1.82) is 0 Å². The van der Waals surface area contributed by atoms with Crippen LogP contribution in [-0.4, -0.2) is 8.75 Å². The number of hydrogen-bond donors (Lipinski definition) is 0. The molecule has 3 heterocycles. The lowest BCUT2D eigenvalue weighted by Crippen LogP contribution is -1.97. The summed E-state index contributed by atoms with van der Waals surface area (Å²) in [6, 6.07) is 41.5. The third-order valence-corrected chi connectivity index (χ3v) is 11.5. The first kappa shape index (κ1) is 31.2. The summed E-state index contributed by atoms with van der Waals surface area (Å²) in [7, 11) is 0. The smallest absolute Gasteiger partial charge is 0.181 e. The number of rotatable bonds is 8. The van der Waals surface area contributed by atoms with Gasteiger partial charge in [0.15, 0.2) is 11.5 Å². The number of nitrogens with zero attached hydrogens (tertiary/aromatic N) is 2. The van der Waals surface area contributed by atoms with Crippen molar-refractivity contribution in [3.8, 4) is 64.8 Å². The molecule has 0 unspecified atom stereocenters. The fourth-order valence-corrected chi connectivity index (χ4v) is 9.45. The van der Waals surface area contributed by atoms with Crippen molar-refractivity contribution in [1.82, 2.24) is 8.75 Å². The van der Waals surface area contributed by atoms with Gasteiger partial charge in [0.25, 0.3) is 0 Å². The van der Waals surface area contributed by atoms with Crippen LogP contribution in [-0.2, 0) is 0 Å². The van der Waals surface area contributed by atoms with Crippen LogP contribution in [0.5, 0.6) is 23.0 Å². The predicted octanol–water partition coefficient (Wildman–Crippen LogP) is 13.3. The Bertz CT molecular complexity index is 2230. The number of ether oxygens (including phenoxy) is 2. The van der Waals surface area contributed by atoms with Crippen molar-refractivity contribution in [2.75, 3.05) is 0 Å². The van der Waals surface area contributed by atoms with Crippen LogP contribution >= 0.6 is 34.4 Å². The number of benzene rings is 5. The van der Waals surface area contributed by atoms with Gasteiger partial charge >= 0.3 is 0 Å². The van der Waals surface area contributed by atoms with Crippen molar-refractivity contribution in [3.63, 3.8) is 0 Å². The quantitative estimate of drug-likeness (QED) is 0.159. The molecule has 0 spiro atoms. The molecule has 3 aromatic heterocycles. The lowest BCUT2D eigenvalue weighted by atomic mass is 10.0. The maximum atomic E-state index is 6.92. The van der Waals surface area contributed by atoms with Gasteiger partial charge in [0.1, 0.15) is 22.5 Å². The first-order chi connectivity index (χ1) is 24.0. The molecular weight excluding hydrogens is 661 g/mol. The standard InChI is InChI=1S/C42H32N2O2S3/c1-25-13-11-14-26(2)35(25)31-21-23-33(47-31)37-39-40(44-49-43-39)38(34-24-22-32(48-34)36-27(3)15-12-16-28(36)4)42(46-30-19-9-6-10-20-30)41(37)45-29-17-7-5-8-18-29/h5-24H,1-4H3. The number of hydrogen-bond acceptors (Lipinski definition) is 7. The van der Waals surface area contributed by atoms with Gasteiger partial charge in [-0.1, -0.05) is 72.8 Å². The highest BCUT2D eigenvalue weighted by Crippen LogP contribution is 2.56. The molecule has 0 atom stereocenters. The maximum Gasteiger partial charge on any atom is 0.181 e. The normalized spacial score (nSPS) is 11.3. The van der Waals surface area contributed by atoms with E-state index in [2.05, 4.69) is 88.4 Å². The summed E-state index contributed by atoms with van der Waals surface area (Å²) in [5.41, 5.74) is 10.8. The van der Waals surface area contributed by atoms with Crippen molar-refractivity contribution < 1.29 is 9.47 Å². The molecule has 0 saturated carbocycles. The van der Waals surface area contributed by atoms with Gasteiger partial charge in [0.05, 0.1) is 22.9 Å². The zero-order valence-electron chi connectivity index (χ0n) is 27.5. The molecule has 49 heavy (non-hydrogen) atoms. The topological polar surface area (TPSA) is 44.2 Å². The van der Waals surface area contributed by atoms with Crippen LogP contribution in [0.15, 0.2) is 121 Å². The van der Waals surface area contributed by atoms with E-state index in [-0.39, 0.29) is 0 Å². The van der Waals surface area contributed by atoms with Crippen LogP contribution in [0.2, 0.25) is 0 Å². The van der Waals surface area contributed by atoms with Gasteiger partial charge in [-0.2, -0.15) is 8.75 Å². The molecule has 0 amide bonds. The van der Waals surface area contributed by atoms with Gasteiger partial charge in [-0.3, -0.25) is 0 Å². The number of fused-ring (bicyclic) bond motifs is 1. The van der Waals surface area contributed by atoms with E-state index in [4.69, 9.17) is 18.2 Å². The molecule has 8 aromatic rings. The second-order valence-corrected chi connectivity index (χ2v) is 14.8. The van der Waals surface area contributed by atoms with Gasteiger partial charge in [0.2, 0.25) is 0 Å². The molecule has 4 nitrogen and oxygen atoms in total. The van der Waals surface area contributed by atoms with Crippen LogP contribution in [0.4, 0.5) is 0 Å². The van der Waals surface area contributed by atoms with Crippen LogP contribution in [0.1, 0.15) is 22.3 Å². The minimum absolute atomic E-state index is 0.613. The van der Waals surface area contributed by atoms with Gasteiger partial charge in [-0.15, -0.1) is 22.7 Å². The summed E-state index contributed by atoms with van der Waals surface area (Å²) in [5.74, 6) is 2.65. The van der Waals surface area contributed by atoms with Gasteiger partial charge in [0, 0.05) is 19.5 Å². The second-order valence-electron chi connectivity index (χ2n) is 12.1. The number of aromatic nitrogens is 2. The summed E-state index contributed by atoms with van der Waals surface area (Å²) in [4.78, 5) is 4.46. The molecule has 5 aromatic carbocycles. The summed E-state index contributed by atoms with van der Waals surface area (Å²) >= 11 is 4.69. The zero-order chi connectivity index (χ0) is 33.5. The van der Waals surface area contributed by atoms with Crippen molar-refractivity contribution in [3.05, 3.63) is 144 Å². The summed E-state index contributed by atoms with van der Waals surface area (Å²) in [5, 5.41) is 0. The largest absolute Gasteiger partial charge is 0.453 e. The van der Waals surface area contributed by atoms with E-state index < -0.39 is 0 Å². The number of para-hydroxylation sites is 2. The van der Waals surface area contributed by atoms with E-state index >= 15 is 0 Å². The van der Waals surface area contributed by atoms with E-state index in [0.717, 1.165) is 31.9 Å². The van der Waals surface area contributed by atoms with Crippen LogP contribution in [0.3, 0.4) is 0 Å². The molecule has 0 bridgehead atoms. The summed E-state index contributed by atoms with van der Waals surface area (Å²) in [6.45, 7) is 8.68. The summed E-state index contributed by atoms with van der Waals surface area (Å²) in [6.07, 6.45) is 0. The van der Waals surface area contributed by atoms with Gasteiger partial charge < -0.3 is 9.47 Å². The molecule has 0 radical (unpaired) electrons. The summed E-state index contributed by atoms with van der Waals surface area (Å²) < 4.78 is 23.7. The monoisotopic (exact) mass is 692 g/mol. The Labute approximate surface area is 298 Å². The van der Waals surface area contributed by atoms with Crippen LogP contribution in [0.25, 0.3) is 52.8 Å². The van der Waals surface area contributed by atoms with E-state index in [1.54, 1.807) is 22.7 Å². The molecule has 0 aliphatic carbocycles. The highest BCUT2D eigenvalue weighted by molar-refractivity contribution is 7.19. The molecule has 0 N–H and O–H groups in total. The Morgan fingerprint density at radius 2 is 0.735 bits per heavy atom. The fourth-order valence-electron chi connectivity index (χ4n) is 6.44. The van der Waals surface area contributed by atoms with E-state index in [9.17, 15) is 0 Å². The highest BCUT2D eigenvalue weighted by Gasteiger charge is 2.30. The fraction of sp³-hybridized carbons (Fsp3) is 0.0952. The minimum Gasteiger partial charge on any atom is -0.453 e. The van der Waals surface area contributed by atoms with Crippen LogP contribution < -0.4 is 9.47 Å². The maximum absolute atomic E-state index is 6.92. The lowest BCUT2D eigenvalue weighted by Gasteiger charge is -2.19. The average molecular weight is 693 g/mol. The van der Waals surface area contributed by atoms with E-state index in [0.29, 0.717) is 23.0 Å². The van der Waals surface area contributed by atoms with Crippen molar-refractivity contribution in [2.45, 2.75) is 27.7 Å². The second kappa shape index (κ2) is 13.1. The zero-order valence-corrected chi connectivity index (χ0v) is 29.9. The molecule has 0 aliphatic rings. The van der Waals surface area contributed by atoms with Gasteiger partial charge in [-0.05, 0) is 110 Å². The van der Waals surface area contributed by atoms with E-state index in [1.165, 1.54) is 54.9 Å². The minimum atomic E-state index is 0.613. The number of aryl methyl sites for hydroxylation is 4. The molecule has 7 heteroatoms. The third-order valence-electron chi connectivity index (χ3n) is 8.71. The Balaban J connectivity index is 1.42. The van der Waals surface area contributed by atoms with Crippen LogP contribution in [0, 0.1) is 27.7 Å². The van der Waals surface area contributed by atoms with E-state index in [1.807, 2.05) is 60.7 Å². The molecular formula is C42H32N2O2S3. The molecule has 240 valence electrons. The SMILES string of the molecule is Cc1cccc(C)c1-c1ccc(-c2c(Oc3ccccc3)c(Oc3ccccc3)c(-c3ccc(-c4c(C)cccc4C)s3)c3nsnc23)s1.